The summed E-state index contributed by atoms with van der Waals surface area (Å²) in [5.74, 6) is 0.768. The second kappa shape index (κ2) is 7.17. The van der Waals surface area contributed by atoms with Gasteiger partial charge in [0.25, 0.3) is 0 Å². The fraction of sp³-hybridized carbons (Fsp3) is 0.462. The van der Waals surface area contributed by atoms with Gasteiger partial charge in [-0.2, -0.15) is 0 Å². The lowest BCUT2D eigenvalue weighted by molar-refractivity contribution is 0.314. The molecule has 0 aliphatic carbocycles. The number of halogens is 2. The number of hydrogen-bond donors (Lipinski definition) is 1. The van der Waals surface area contributed by atoms with Gasteiger partial charge in [0.15, 0.2) is 0 Å². The summed E-state index contributed by atoms with van der Waals surface area (Å²) in [5, 5.41) is 1.12. The molecular weight excluding hydrogens is 289 g/mol. The highest BCUT2D eigenvalue weighted by atomic mass is 35.5. The van der Waals surface area contributed by atoms with E-state index >= 15 is 0 Å². The molecule has 100 valence electrons. The Kier molecular flexibility index (Phi) is 6.19. The molecule has 0 radical (unpaired) electrons. The lowest BCUT2D eigenvalue weighted by Crippen LogP contribution is -2.20. The van der Waals surface area contributed by atoms with Gasteiger partial charge in [0.05, 0.1) is 16.6 Å². The van der Waals surface area contributed by atoms with Crippen LogP contribution in [0.1, 0.15) is 25.8 Å². The van der Waals surface area contributed by atoms with Crippen LogP contribution in [-0.4, -0.2) is 11.6 Å². The average Bonchev–Trinajstić information content (AvgIpc) is 2.27. The summed E-state index contributed by atoms with van der Waals surface area (Å²) in [5.41, 5.74) is 6.58. The fourth-order valence-electron chi connectivity index (χ4n) is 1.56. The van der Waals surface area contributed by atoms with Crippen molar-refractivity contribution in [3.8, 4) is 5.75 Å². The number of thiocarbonyl (C=S) groups is 1. The van der Waals surface area contributed by atoms with Gasteiger partial charge in [-0.15, -0.1) is 0 Å². The van der Waals surface area contributed by atoms with E-state index in [2.05, 4.69) is 0 Å². The first-order valence-corrected chi connectivity index (χ1v) is 7.02. The standard InChI is InChI=1S/C13H17Cl2NOS/c1-3-4-17-12-9(5-8(2)13(16)18)6-10(14)7-11(12)15/h6-8H,3-5H2,1-2H3,(H2,16,18). The van der Waals surface area contributed by atoms with Crippen molar-refractivity contribution in [3.05, 3.63) is 27.7 Å². The van der Waals surface area contributed by atoms with E-state index in [1.54, 1.807) is 6.07 Å². The van der Waals surface area contributed by atoms with E-state index in [1.807, 2.05) is 19.9 Å². The van der Waals surface area contributed by atoms with Gasteiger partial charge in [-0.1, -0.05) is 49.3 Å². The van der Waals surface area contributed by atoms with Gasteiger partial charge in [-0.05, 0) is 30.5 Å². The molecule has 0 heterocycles. The fourth-order valence-corrected chi connectivity index (χ4v) is 2.23. The molecular formula is C13H17Cl2NOS. The minimum Gasteiger partial charge on any atom is -0.492 e. The Labute approximate surface area is 123 Å². The second-order valence-electron chi connectivity index (χ2n) is 4.23. The van der Waals surface area contributed by atoms with Crippen LogP contribution in [0.2, 0.25) is 10.0 Å². The third kappa shape index (κ3) is 4.30. The lowest BCUT2D eigenvalue weighted by atomic mass is 10.0. The van der Waals surface area contributed by atoms with E-state index in [9.17, 15) is 0 Å². The molecule has 18 heavy (non-hydrogen) atoms. The van der Waals surface area contributed by atoms with Crippen LogP contribution in [-0.2, 0) is 6.42 Å². The highest BCUT2D eigenvalue weighted by molar-refractivity contribution is 7.80. The quantitative estimate of drug-likeness (QED) is 0.798. The first kappa shape index (κ1) is 15.5. The largest absolute Gasteiger partial charge is 0.492 e. The normalized spacial score (nSPS) is 12.2. The van der Waals surface area contributed by atoms with Crippen molar-refractivity contribution in [2.45, 2.75) is 26.7 Å². The van der Waals surface area contributed by atoms with E-state index in [4.69, 9.17) is 45.9 Å². The molecule has 0 spiro atoms. The Morgan fingerprint density at radius 1 is 1.44 bits per heavy atom. The molecule has 1 aromatic carbocycles. The maximum Gasteiger partial charge on any atom is 0.141 e. The molecule has 0 aromatic heterocycles. The highest BCUT2D eigenvalue weighted by Crippen LogP contribution is 2.34. The first-order valence-electron chi connectivity index (χ1n) is 5.85. The summed E-state index contributed by atoms with van der Waals surface area (Å²) in [6.07, 6.45) is 1.60. The van der Waals surface area contributed by atoms with Gasteiger partial charge < -0.3 is 10.5 Å². The Balaban J connectivity index is 3.02. The van der Waals surface area contributed by atoms with Crippen LogP contribution in [0.3, 0.4) is 0 Å². The van der Waals surface area contributed by atoms with E-state index in [0.717, 1.165) is 12.0 Å². The topological polar surface area (TPSA) is 35.2 Å². The van der Waals surface area contributed by atoms with E-state index in [-0.39, 0.29) is 5.92 Å². The maximum absolute atomic E-state index is 6.16. The van der Waals surface area contributed by atoms with Gasteiger partial charge in [0.2, 0.25) is 0 Å². The number of ether oxygens (including phenoxy) is 1. The Bertz CT molecular complexity index is 437. The van der Waals surface area contributed by atoms with Crippen LogP contribution in [0, 0.1) is 5.92 Å². The van der Waals surface area contributed by atoms with Crippen LogP contribution in [0.15, 0.2) is 12.1 Å². The van der Waals surface area contributed by atoms with Gasteiger partial charge in [0.1, 0.15) is 5.75 Å². The van der Waals surface area contributed by atoms with Crippen molar-refractivity contribution in [2.75, 3.05) is 6.61 Å². The van der Waals surface area contributed by atoms with Crippen molar-refractivity contribution in [1.29, 1.82) is 0 Å². The summed E-state index contributed by atoms with van der Waals surface area (Å²) in [7, 11) is 0. The van der Waals surface area contributed by atoms with Crippen molar-refractivity contribution in [2.24, 2.45) is 11.7 Å². The maximum atomic E-state index is 6.16. The molecule has 0 aliphatic rings. The first-order chi connectivity index (χ1) is 8.45. The van der Waals surface area contributed by atoms with Crippen LogP contribution in [0.25, 0.3) is 0 Å². The molecule has 1 atom stereocenters. The van der Waals surface area contributed by atoms with Gasteiger partial charge in [-0.3, -0.25) is 0 Å². The van der Waals surface area contributed by atoms with Crippen LogP contribution >= 0.6 is 35.4 Å². The van der Waals surface area contributed by atoms with Gasteiger partial charge in [0, 0.05) is 10.9 Å². The Morgan fingerprint density at radius 2 is 2.11 bits per heavy atom. The predicted octanol–water partition coefficient (Wildman–Crippen LogP) is 4.25. The second-order valence-corrected chi connectivity index (χ2v) is 5.55. The van der Waals surface area contributed by atoms with E-state index < -0.39 is 0 Å². The van der Waals surface area contributed by atoms with Crippen molar-refractivity contribution >= 4 is 40.4 Å². The lowest BCUT2D eigenvalue weighted by Gasteiger charge is -2.16. The molecule has 0 fully saturated rings. The molecule has 0 saturated heterocycles. The third-order valence-electron chi connectivity index (χ3n) is 2.55. The van der Waals surface area contributed by atoms with Crippen LogP contribution in [0.5, 0.6) is 5.75 Å². The van der Waals surface area contributed by atoms with Gasteiger partial charge in [-0.25, -0.2) is 0 Å². The Hall–Kier alpha value is -0.510. The zero-order chi connectivity index (χ0) is 13.7. The molecule has 1 unspecified atom stereocenters. The third-order valence-corrected chi connectivity index (χ3v) is 3.45. The molecule has 0 aliphatic heterocycles. The predicted molar refractivity (Wildman–Crippen MR) is 81.9 cm³/mol. The summed E-state index contributed by atoms with van der Waals surface area (Å²) in [4.78, 5) is 0.479. The van der Waals surface area contributed by atoms with Crippen LogP contribution < -0.4 is 10.5 Å². The summed E-state index contributed by atoms with van der Waals surface area (Å²) in [6.45, 7) is 4.64. The summed E-state index contributed by atoms with van der Waals surface area (Å²) >= 11 is 17.2. The SMILES string of the molecule is CCCOc1c(Cl)cc(Cl)cc1CC(C)C(N)=S. The minimum atomic E-state index is 0.0820. The van der Waals surface area contributed by atoms with Gasteiger partial charge >= 0.3 is 0 Å². The minimum absolute atomic E-state index is 0.0820. The molecule has 0 amide bonds. The average molecular weight is 306 g/mol. The summed E-state index contributed by atoms with van der Waals surface area (Å²) < 4.78 is 5.68. The van der Waals surface area contributed by atoms with Crippen LogP contribution in [0.4, 0.5) is 0 Å². The number of rotatable bonds is 6. The monoisotopic (exact) mass is 305 g/mol. The highest BCUT2D eigenvalue weighted by Gasteiger charge is 2.15. The zero-order valence-corrected chi connectivity index (χ0v) is 12.8. The number of hydrogen-bond acceptors (Lipinski definition) is 2. The number of nitrogens with two attached hydrogens (primary N) is 1. The van der Waals surface area contributed by atoms with Crippen molar-refractivity contribution in [1.82, 2.24) is 0 Å². The molecule has 0 saturated carbocycles. The summed E-state index contributed by atoms with van der Waals surface area (Å²) in [6, 6.07) is 3.54. The molecule has 1 aromatic rings. The van der Waals surface area contributed by atoms with E-state index in [1.165, 1.54) is 0 Å². The molecule has 2 nitrogen and oxygen atoms in total. The Morgan fingerprint density at radius 3 is 2.67 bits per heavy atom. The number of benzene rings is 1. The van der Waals surface area contributed by atoms with Crippen molar-refractivity contribution in [3.63, 3.8) is 0 Å². The zero-order valence-electron chi connectivity index (χ0n) is 10.5. The van der Waals surface area contributed by atoms with E-state index in [0.29, 0.717) is 33.8 Å². The molecule has 0 bridgehead atoms. The molecule has 5 heteroatoms. The van der Waals surface area contributed by atoms with Crippen molar-refractivity contribution < 1.29 is 4.74 Å². The molecule has 2 N–H and O–H groups in total. The molecule has 1 rings (SSSR count). The smallest absolute Gasteiger partial charge is 0.141 e.